The van der Waals surface area contributed by atoms with Crippen LogP contribution in [0.1, 0.15) is 51.3 Å². The van der Waals surface area contributed by atoms with Crippen LogP contribution in [0.5, 0.6) is 5.75 Å². The number of benzene rings is 1. The number of hydrogen-bond donors (Lipinski definition) is 1. The van der Waals surface area contributed by atoms with Crippen LogP contribution < -0.4 is 10.1 Å². The predicted molar refractivity (Wildman–Crippen MR) is 121 cm³/mol. The largest absolute Gasteiger partial charge is 0.496 e. The lowest BCUT2D eigenvalue weighted by Crippen LogP contribution is -2.36. The minimum atomic E-state index is -0.393. The Morgan fingerprint density at radius 3 is 2.47 bits per heavy atom. The Hall–Kier alpha value is -1.83. The van der Waals surface area contributed by atoms with Crippen molar-refractivity contribution in [3.05, 3.63) is 29.3 Å². The van der Waals surface area contributed by atoms with E-state index in [0.29, 0.717) is 6.54 Å². The molecular formula is C23H41N3O4. The third kappa shape index (κ3) is 8.90. The topological polar surface area (TPSA) is 63.3 Å². The molecule has 1 N–H and O–H groups in total. The number of hydrogen-bond acceptors (Lipinski definition) is 6. The zero-order valence-corrected chi connectivity index (χ0v) is 19.7. The second-order valence-corrected chi connectivity index (χ2v) is 7.39. The molecule has 7 nitrogen and oxygen atoms in total. The third-order valence-electron chi connectivity index (χ3n) is 5.09. The molecule has 1 aromatic carbocycles. The number of amides is 1. The fourth-order valence-electron chi connectivity index (χ4n) is 3.39. The smallest absolute Gasteiger partial charge is 0.406 e. The van der Waals surface area contributed by atoms with Gasteiger partial charge in [0, 0.05) is 44.3 Å². The van der Waals surface area contributed by atoms with E-state index in [2.05, 4.69) is 65.7 Å². The van der Waals surface area contributed by atoms with Crippen molar-refractivity contribution in [1.82, 2.24) is 15.1 Å². The molecule has 30 heavy (non-hydrogen) atoms. The van der Waals surface area contributed by atoms with E-state index in [1.165, 1.54) is 24.7 Å². The molecule has 1 saturated heterocycles. The zero-order valence-electron chi connectivity index (χ0n) is 19.7. The van der Waals surface area contributed by atoms with Crippen molar-refractivity contribution in [2.24, 2.45) is 0 Å². The van der Waals surface area contributed by atoms with Crippen LogP contribution in [0.4, 0.5) is 4.79 Å². The minimum Gasteiger partial charge on any atom is -0.496 e. The summed E-state index contributed by atoms with van der Waals surface area (Å²) < 4.78 is 15.7. The van der Waals surface area contributed by atoms with Crippen molar-refractivity contribution < 1.29 is 19.0 Å². The van der Waals surface area contributed by atoms with Crippen molar-refractivity contribution >= 4 is 6.09 Å². The summed E-state index contributed by atoms with van der Waals surface area (Å²) >= 11 is 0. The number of nitrogens with one attached hydrogen (secondary N) is 1. The Bertz CT molecular complexity index is 606. The molecule has 1 aliphatic heterocycles. The highest BCUT2D eigenvalue weighted by Crippen LogP contribution is 2.27. The van der Waals surface area contributed by atoms with E-state index in [4.69, 9.17) is 9.47 Å². The number of likely N-dealkylation sites (N-methyl/N-ethyl adjacent to an activating group) is 1. The molecule has 1 fully saturated rings. The molecule has 2 rings (SSSR count). The molecule has 0 saturated carbocycles. The van der Waals surface area contributed by atoms with Crippen LogP contribution in [-0.4, -0.2) is 76.1 Å². The summed E-state index contributed by atoms with van der Waals surface area (Å²) in [5.74, 6) is 0.924. The summed E-state index contributed by atoms with van der Waals surface area (Å²) in [4.78, 5) is 16.0. The van der Waals surface area contributed by atoms with Crippen molar-refractivity contribution in [3.63, 3.8) is 0 Å². The summed E-state index contributed by atoms with van der Waals surface area (Å²) in [6.07, 6.45) is 0.857. The predicted octanol–water partition coefficient (Wildman–Crippen LogP) is 3.68. The summed E-state index contributed by atoms with van der Waals surface area (Å²) in [5, 5.41) is 2.75. The monoisotopic (exact) mass is 423 g/mol. The van der Waals surface area contributed by atoms with Crippen LogP contribution in [0.25, 0.3) is 0 Å². The Kier molecular flexibility index (Phi) is 13.1. The van der Waals surface area contributed by atoms with Crippen molar-refractivity contribution in [1.29, 1.82) is 0 Å². The number of alkyl carbamates (subject to hydrolysis) is 1. The second-order valence-electron chi connectivity index (χ2n) is 7.39. The molecular weight excluding hydrogens is 382 g/mol. The second kappa shape index (κ2) is 15.0. The van der Waals surface area contributed by atoms with Gasteiger partial charge in [-0.05, 0) is 31.2 Å². The van der Waals surface area contributed by atoms with E-state index >= 15 is 0 Å². The standard InChI is InChI=1S/C20H33N3O4.C3H8/c1-5-23(9-8-21-20(24)26-4)16(2)17-6-7-19(25-3)18(14-17)15-22-10-12-27-13-11-22;1-3-2/h6-7,14,16H,5,8-13,15H2,1-4H3,(H,21,24);3H2,1-2H3. The van der Waals surface area contributed by atoms with Crippen molar-refractivity contribution in [3.8, 4) is 5.75 Å². The molecule has 172 valence electrons. The highest BCUT2D eigenvalue weighted by atomic mass is 16.5. The van der Waals surface area contributed by atoms with Crippen molar-refractivity contribution in [2.45, 2.75) is 46.7 Å². The molecule has 1 unspecified atom stereocenters. The van der Waals surface area contributed by atoms with Crippen LogP contribution >= 0.6 is 0 Å². The van der Waals surface area contributed by atoms with Gasteiger partial charge in [-0.2, -0.15) is 0 Å². The van der Waals surface area contributed by atoms with Crippen LogP contribution in [0, 0.1) is 0 Å². The first-order valence-corrected chi connectivity index (χ1v) is 11.0. The Morgan fingerprint density at radius 2 is 1.90 bits per heavy atom. The van der Waals surface area contributed by atoms with Gasteiger partial charge in [-0.3, -0.25) is 9.80 Å². The molecule has 1 heterocycles. The molecule has 1 aromatic rings. The van der Waals surface area contributed by atoms with Crippen molar-refractivity contribution in [2.75, 3.05) is 60.2 Å². The number of carbonyl (C=O) groups excluding carboxylic acids is 1. The minimum absolute atomic E-state index is 0.240. The number of methoxy groups -OCH3 is 2. The fraction of sp³-hybridized carbons (Fsp3) is 0.696. The summed E-state index contributed by atoms with van der Waals surface area (Å²) in [7, 11) is 3.10. The van der Waals surface area contributed by atoms with E-state index < -0.39 is 6.09 Å². The lowest BCUT2D eigenvalue weighted by Gasteiger charge is -2.30. The highest BCUT2D eigenvalue weighted by Gasteiger charge is 2.18. The first kappa shape index (κ1) is 26.2. The SMILES string of the molecule is CCC.CCN(CCNC(=O)OC)C(C)c1ccc(OC)c(CN2CCOCC2)c1. The van der Waals surface area contributed by atoms with Gasteiger partial charge in [-0.15, -0.1) is 0 Å². The van der Waals surface area contributed by atoms with E-state index in [0.717, 1.165) is 51.7 Å². The molecule has 1 atom stereocenters. The molecule has 7 heteroatoms. The number of carbonyl (C=O) groups is 1. The average Bonchev–Trinajstić information content (AvgIpc) is 2.77. The normalized spacial score (nSPS) is 15.2. The van der Waals surface area contributed by atoms with E-state index in [-0.39, 0.29) is 6.04 Å². The maximum atomic E-state index is 11.2. The summed E-state index contributed by atoms with van der Waals surface area (Å²) in [5.41, 5.74) is 2.45. The van der Waals surface area contributed by atoms with Gasteiger partial charge in [0.25, 0.3) is 0 Å². The lowest BCUT2D eigenvalue weighted by molar-refractivity contribution is 0.0338. The molecule has 0 aromatic heterocycles. The summed E-state index contributed by atoms with van der Waals surface area (Å²) in [6.45, 7) is 15.1. The first-order chi connectivity index (χ1) is 14.5. The van der Waals surface area contributed by atoms with Gasteiger partial charge in [-0.25, -0.2) is 4.79 Å². The lowest BCUT2D eigenvalue weighted by atomic mass is 10.0. The van der Waals surface area contributed by atoms with E-state index in [9.17, 15) is 4.79 Å². The number of ether oxygens (including phenoxy) is 3. The molecule has 0 radical (unpaired) electrons. The average molecular weight is 424 g/mol. The van der Waals surface area contributed by atoms with Gasteiger partial charge in [0.2, 0.25) is 0 Å². The van der Waals surface area contributed by atoms with Gasteiger partial charge >= 0.3 is 6.09 Å². The fourth-order valence-corrected chi connectivity index (χ4v) is 3.39. The molecule has 0 spiro atoms. The van der Waals surface area contributed by atoms with Gasteiger partial charge in [0.05, 0.1) is 27.4 Å². The molecule has 0 aliphatic carbocycles. The highest BCUT2D eigenvalue weighted by molar-refractivity contribution is 5.66. The molecule has 0 bridgehead atoms. The van der Waals surface area contributed by atoms with Crippen LogP contribution in [0.2, 0.25) is 0 Å². The van der Waals surface area contributed by atoms with Gasteiger partial charge < -0.3 is 19.5 Å². The van der Waals surface area contributed by atoms with Crippen LogP contribution in [0.15, 0.2) is 18.2 Å². The Morgan fingerprint density at radius 1 is 1.23 bits per heavy atom. The number of morpholine rings is 1. The zero-order chi connectivity index (χ0) is 22.4. The van der Waals surface area contributed by atoms with E-state index in [1.54, 1.807) is 7.11 Å². The Balaban J connectivity index is 0.00000141. The van der Waals surface area contributed by atoms with Gasteiger partial charge in [-0.1, -0.05) is 33.3 Å². The first-order valence-electron chi connectivity index (χ1n) is 11.0. The maximum absolute atomic E-state index is 11.2. The third-order valence-corrected chi connectivity index (χ3v) is 5.09. The van der Waals surface area contributed by atoms with Crippen LogP contribution in [0.3, 0.4) is 0 Å². The number of nitrogens with zero attached hydrogens (tertiary/aromatic N) is 2. The van der Waals surface area contributed by atoms with E-state index in [1.807, 2.05) is 0 Å². The quantitative estimate of drug-likeness (QED) is 0.654. The Labute approximate surface area is 182 Å². The van der Waals surface area contributed by atoms with Gasteiger partial charge in [0.1, 0.15) is 5.75 Å². The maximum Gasteiger partial charge on any atom is 0.406 e. The van der Waals surface area contributed by atoms with Gasteiger partial charge in [0.15, 0.2) is 0 Å². The molecule has 1 aliphatic rings. The molecule has 1 amide bonds. The number of rotatable bonds is 9. The van der Waals surface area contributed by atoms with Crippen LogP contribution in [-0.2, 0) is 16.0 Å². The summed E-state index contributed by atoms with van der Waals surface area (Å²) in [6, 6.07) is 6.67.